The molecule has 1 aromatic rings. The highest BCUT2D eigenvalue weighted by atomic mass is 16.1. The van der Waals surface area contributed by atoms with E-state index >= 15 is 0 Å². The van der Waals surface area contributed by atoms with Gasteiger partial charge in [-0.15, -0.1) is 0 Å². The summed E-state index contributed by atoms with van der Waals surface area (Å²) < 4.78 is 0. The van der Waals surface area contributed by atoms with Crippen molar-refractivity contribution >= 4 is 17.3 Å². The van der Waals surface area contributed by atoms with Crippen molar-refractivity contribution in [1.82, 2.24) is 0 Å². The molecule has 3 heteroatoms. The number of carbonyl (C=O) groups excluding carboxylic acids is 2. The highest BCUT2D eigenvalue weighted by Crippen LogP contribution is 2.61. The second-order valence-electron chi connectivity index (χ2n) is 4.77. The van der Waals surface area contributed by atoms with E-state index in [1.165, 1.54) is 0 Å². The fourth-order valence-electron chi connectivity index (χ4n) is 3.09. The summed E-state index contributed by atoms with van der Waals surface area (Å²) >= 11 is 0. The Morgan fingerprint density at radius 3 is 2.69 bits per heavy atom. The molecule has 0 bridgehead atoms. The van der Waals surface area contributed by atoms with Crippen molar-refractivity contribution in [2.24, 2.45) is 16.3 Å². The first-order valence-electron chi connectivity index (χ1n) is 5.48. The Morgan fingerprint density at radius 2 is 1.94 bits per heavy atom. The summed E-state index contributed by atoms with van der Waals surface area (Å²) in [6.45, 7) is 0.654. The molecule has 0 radical (unpaired) electrons. The van der Waals surface area contributed by atoms with Gasteiger partial charge in [-0.25, -0.2) is 0 Å². The van der Waals surface area contributed by atoms with Gasteiger partial charge in [0.2, 0.25) is 5.78 Å². The summed E-state index contributed by atoms with van der Waals surface area (Å²) in [5, 5.41) is 0. The summed E-state index contributed by atoms with van der Waals surface area (Å²) in [5.74, 6) is 0.381. The van der Waals surface area contributed by atoms with Crippen molar-refractivity contribution in [3.8, 4) is 0 Å². The van der Waals surface area contributed by atoms with Crippen LogP contribution in [0.5, 0.6) is 0 Å². The van der Waals surface area contributed by atoms with Crippen LogP contribution < -0.4 is 0 Å². The number of rotatable bonds is 0. The van der Waals surface area contributed by atoms with Crippen LogP contribution in [-0.2, 0) is 0 Å². The van der Waals surface area contributed by atoms with Crippen LogP contribution in [0.1, 0.15) is 27.1 Å². The van der Waals surface area contributed by atoms with E-state index in [0.717, 1.165) is 6.42 Å². The van der Waals surface area contributed by atoms with Crippen LogP contribution in [0, 0.1) is 11.3 Å². The number of carbonyl (C=O) groups is 2. The largest absolute Gasteiger partial charge is 0.293 e. The number of Topliss-reactive ketones (excluding diaryl/α,β-unsaturated/α-hetero) is 2. The third kappa shape index (κ3) is 0.691. The zero-order valence-electron chi connectivity index (χ0n) is 8.56. The van der Waals surface area contributed by atoms with Gasteiger partial charge in [-0.2, -0.15) is 0 Å². The van der Waals surface area contributed by atoms with Gasteiger partial charge >= 0.3 is 0 Å². The molecule has 1 spiro atoms. The third-order valence-corrected chi connectivity index (χ3v) is 4.03. The highest BCUT2D eigenvalue weighted by molar-refractivity contribution is 6.56. The van der Waals surface area contributed by atoms with Crippen molar-refractivity contribution in [1.29, 1.82) is 0 Å². The van der Waals surface area contributed by atoms with Crippen LogP contribution in [0.2, 0.25) is 0 Å². The first kappa shape index (κ1) is 8.39. The van der Waals surface area contributed by atoms with Crippen molar-refractivity contribution in [2.75, 3.05) is 6.54 Å². The van der Waals surface area contributed by atoms with E-state index in [1.54, 1.807) is 18.2 Å². The van der Waals surface area contributed by atoms with Gasteiger partial charge in [-0.3, -0.25) is 14.6 Å². The minimum absolute atomic E-state index is 0.0322. The predicted molar refractivity (Wildman–Crippen MR) is 57.9 cm³/mol. The van der Waals surface area contributed by atoms with Gasteiger partial charge in [0.25, 0.3) is 0 Å². The minimum Gasteiger partial charge on any atom is -0.293 e. The number of nitrogens with zero attached hydrogens (tertiary/aromatic N) is 1. The van der Waals surface area contributed by atoms with Crippen LogP contribution >= 0.6 is 0 Å². The van der Waals surface area contributed by atoms with Crippen LogP contribution in [-0.4, -0.2) is 23.8 Å². The first-order valence-corrected chi connectivity index (χ1v) is 5.48. The molecular formula is C13H9NO2. The molecule has 3 aliphatic rings. The van der Waals surface area contributed by atoms with E-state index in [9.17, 15) is 9.59 Å². The minimum atomic E-state index is -0.508. The highest BCUT2D eigenvalue weighted by Gasteiger charge is 2.69. The molecular weight excluding hydrogens is 202 g/mol. The van der Waals surface area contributed by atoms with Gasteiger partial charge in [0.15, 0.2) is 5.78 Å². The molecule has 0 aromatic heterocycles. The normalized spacial score (nSPS) is 34.0. The molecule has 2 atom stereocenters. The Labute approximate surface area is 92.2 Å². The lowest BCUT2D eigenvalue weighted by atomic mass is 9.77. The summed E-state index contributed by atoms with van der Waals surface area (Å²) in [5.41, 5.74) is 1.15. The molecule has 1 saturated carbocycles. The number of aliphatic imine (C=N–C) groups is 1. The van der Waals surface area contributed by atoms with Crippen molar-refractivity contribution in [3.63, 3.8) is 0 Å². The van der Waals surface area contributed by atoms with Gasteiger partial charge in [0.1, 0.15) is 0 Å². The molecule has 78 valence electrons. The molecule has 2 unspecified atom stereocenters. The van der Waals surface area contributed by atoms with Gasteiger partial charge in [0, 0.05) is 17.7 Å². The number of hydrogen-bond acceptors (Lipinski definition) is 3. The van der Waals surface area contributed by atoms with E-state index in [-0.39, 0.29) is 11.6 Å². The molecule has 1 heterocycles. The van der Waals surface area contributed by atoms with E-state index in [1.807, 2.05) is 6.07 Å². The van der Waals surface area contributed by atoms with Gasteiger partial charge < -0.3 is 0 Å². The zero-order valence-corrected chi connectivity index (χ0v) is 8.56. The van der Waals surface area contributed by atoms with E-state index in [0.29, 0.717) is 29.3 Å². The maximum Gasteiger partial charge on any atom is 0.208 e. The van der Waals surface area contributed by atoms with Crippen molar-refractivity contribution < 1.29 is 9.59 Å². The van der Waals surface area contributed by atoms with E-state index in [2.05, 4.69) is 4.99 Å². The summed E-state index contributed by atoms with van der Waals surface area (Å²) in [6, 6.07) is 7.09. The SMILES string of the molecule is O=C1C2=NCC3CC23C(=O)c2ccccc21. The quantitative estimate of drug-likeness (QED) is 0.653. The fourth-order valence-corrected chi connectivity index (χ4v) is 3.09. The molecule has 0 saturated heterocycles. The molecule has 1 aliphatic heterocycles. The van der Waals surface area contributed by atoms with Gasteiger partial charge in [0.05, 0.1) is 11.1 Å². The second-order valence-corrected chi connectivity index (χ2v) is 4.77. The summed E-state index contributed by atoms with van der Waals surface area (Å²) in [4.78, 5) is 28.8. The molecule has 16 heavy (non-hydrogen) atoms. The Kier molecular flexibility index (Phi) is 1.21. The molecule has 4 rings (SSSR count). The Bertz CT molecular complexity index is 587. The van der Waals surface area contributed by atoms with E-state index < -0.39 is 5.41 Å². The monoisotopic (exact) mass is 211 g/mol. The standard InChI is InChI=1S/C13H9NO2/c15-10-8-3-1-2-4-9(8)12(16)13-5-7(13)6-14-11(10)13/h1-4,7H,5-6H2. The maximum atomic E-state index is 12.4. The number of benzene rings is 1. The second kappa shape index (κ2) is 2.32. The lowest BCUT2D eigenvalue weighted by molar-refractivity contribution is 0.0903. The molecule has 1 aromatic carbocycles. The Balaban J connectivity index is 2.04. The molecule has 2 aliphatic carbocycles. The Hall–Kier alpha value is -1.77. The number of fused-ring (bicyclic) bond motifs is 1. The van der Waals surface area contributed by atoms with Gasteiger partial charge in [-0.05, 0) is 12.3 Å². The fraction of sp³-hybridized carbons (Fsp3) is 0.308. The van der Waals surface area contributed by atoms with E-state index in [4.69, 9.17) is 0 Å². The smallest absolute Gasteiger partial charge is 0.208 e. The van der Waals surface area contributed by atoms with Crippen LogP contribution in [0.3, 0.4) is 0 Å². The first-order chi connectivity index (χ1) is 7.75. The summed E-state index contributed by atoms with van der Waals surface area (Å²) in [6.07, 6.45) is 0.824. The molecule has 1 fully saturated rings. The topological polar surface area (TPSA) is 46.5 Å². The summed E-state index contributed by atoms with van der Waals surface area (Å²) in [7, 11) is 0. The van der Waals surface area contributed by atoms with Gasteiger partial charge in [-0.1, -0.05) is 24.3 Å². The lowest BCUT2D eigenvalue weighted by Gasteiger charge is -2.21. The van der Waals surface area contributed by atoms with Crippen LogP contribution in [0.4, 0.5) is 0 Å². The van der Waals surface area contributed by atoms with Crippen molar-refractivity contribution in [3.05, 3.63) is 35.4 Å². The zero-order chi connectivity index (χ0) is 10.9. The van der Waals surface area contributed by atoms with Crippen LogP contribution in [0.25, 0.3) is 0 Å². The molecule has 3 nitrogen and oxygen atoms in total. The van der Waals surface area contributed by atoms with Crippen molar-refractivity contribution in [2.45, 2.75) is 6.42 Å². The van der Waals surface area contributed by atoms with Crippen LogP contribution in [0.15, 0.2) is 29.3 Å². The Morgan fingerprint density at radius 1 is 1.19 bits per heavy atom. The molecule has 0 amide bonds. The average Bonchev–Trinajstić information content (AvgIpc) is 2.93. The third-order valence-electron chi connectivity index (χ3n) is 4.03. The number of hydrogen-bond donors (Lipinski definition) is 0. The maximum absolute atomic E-state index is 12.4. The average molecular weight is 211 g/mol. The molecule has 0 N–H and O–H groups in total. The predicted octanol–water partition coefficient (Wildman–Crippen LogP) is 1.53. The number of ketones is 2. The lowest BCUT2D eigenvalue weighted by Crippen LogP contribution is -2.38.